The van der Waals surface area contributed by atoms with Crippen molar-refractivity contribution in [2.45, 2.75) is 65.9 Å². The van der Waals surface area contributed by atoms with Crippen molar-refractivity contribution in [2.75, 3.05) is 0 Å². The summed E-state index contributed by atoms with van der Waals surface area (Å²) in [6.45, 7) is 13.1. The van der Waals surface area contributed by atoms with E-state index >= 15 is 0 Å². The Hall–Kier alpha value is -2.82. The number of esters is 1. The molecule has 5 nitrogen and oxygen atoms in total. The highest BCUT2D eigenvalue weighted by molar-refractivity contribution is 5.99. The lowest BCUT2D eigenvalue weighted by atomic mass is 9.75. The number of nitrogens with two attached hydrogens (primary N) is 1. The minimum Gasteiger partial charge on any atom is -0.491 e. The van der Waals surface area contributed by atoms with Crippen molar-refractivity contribution < 1.29 is 19.1 Å². The summed E-state index contributed by atoms with van der Waals surface area (Å²) in [5, 5.41) is 0. The molecule has 0 amide bonds. The topological polar surface area (TPSA) is 78.6 Å². The zero-order valence-electron chi connectivity index (χ0n) is 18.0. The van der Waals surface area contributed by atoms with Gasteiger partial charge in [0.2, 0.25) is 0 Å². The maximum atomic E-state index is 12.9. The van der Waals surface area contributed by atoms with Gasteiger partial charge in [0.05, 0.1) is 6.10 Å². The van der Waals surface area contributed by atoms with Gasteiger partial charge in [0.15, 0.2) is 5.78 Å². The van der Waals surface area contributed by atoms with E-state index in [2.05, 4.69) is 6.58 Å². The molecule has 0 spiro atoms. The molecule has 0 bridgehead atoms. The van der Waals surface area contributed by atoms with Crippen LogP contribution in [0.1, 0.15) is 65.4 Å². The molecular weight excluding hydrogens is 366 g/mol. The lowest BCUT2D eigenvalue weighted by Gasteiger charge is -2.30. The van der Waals surface area contributed by atoms with E-state index in [9.17, 15) is 9.59 Å². The predicted octanol–water partition coefficient (Wildman–Crippen LogP) is 4.94. The third-order valence-electron chi connectivity index (χ3n) is 4.87. The SMILES string of the molecule is C=C(OC(C)C)/C(=C(/C)N)C(C1=C(C)CCCC1=O)c1ccc(OC(C)=O)cc1. The van der Waals surface area contributed by atoms with Crippen LogP contribution in [0.2, 0.25) is 0 Å². The highest BCUT2D eigenvalue weighted by Gasteiger charge is 2.32. The fraction of sp³-hybridized carbons (Fsp3) is 0.417. The second-order valence-electron chi connectivity index (χ2n) is 7.75. The lowest BCUT2D eigenvalue weighted by molar-refractivity contribution is -0.131. The molecule has 1 aliphatic rings. The summed E-state index contributed by atoms with van der Waals surface area (Å²) in [6.07, 6.45) is 2.18. The Labute approximate surface area is 173 Å². The number of Topliss-reactive ketones (excluding diaryl/α,β-unsaturated/α-hetero) is 1. The van der Waals surface area contributed by atoms with E-state index in [4.69, 9.17) is 15.2 Å². The summed E-state index contributed by atoms with van der Waals surface area (Å²) in [5.74, 6) is 0.275. The predicted molar refractivity (Wildman–Crippen MR) is 114 cm³/mol. The van der Waals surface area contributed by atoms with Crippen LogP contribution >= 0.6 is 0 Å². The first-order chi connectivity index (χ1) is 13.6. The van der Waals surface area contributed by atoms with Crippen LogP contribution in [0.5, 0.6) is 5.75 Å². The molecule has 0 aliphatic heterocycles. The van der Waals surface area contributed by atoms with Gasteiger partial charge in [-0.05, 0) is 58.2 Å². The Bertz CT molecular complexity index is 855. The molecule has 29 heavy (non-hydrogen) atoms. The Morgan fingerprint density at radius 1 is 1.14 bits per heavy atom. The van der Waals surface area contributed by atoms with Crippen molar-refractivity contribution in [1.29, 1.82) is 0 Å². The third kappa shape index (κ3) is 5.59. The van der Waals surface area contributed by atoms with Crippen molar-refractivity contribution in [1.82, 2.24) is 0 Å². The number of hydrogen-bond donors (Lipinski definition) is 1. The fourth-order valence-electron chi connectivity index (χ4n) is 3.76. The van der Waals surface area contributed by atoms with Gasteiger partial charge in [-0.15, -0.1) is 0 Å². The summed E-state index contributed by atoms with van der Waals surface area (Å²) in [6, 6.07) is 7.17. The number of allylic oxidation sites excluding steroid dienone is 4. The van der Waals surface area contributed by atoms with Gasteiger partial charge in [-0.1, -0.05) is 24.3 Å². The standard InChI is InChI=1S/C24H31NO4/c1-14(2)28-17(5)23(16(4)25)24(22-15(3)8-7-9-21(22)27)19-10-12-20(13-11-19)29-18(6)26/h10-14,24H,5,7-9,25H2,1-4,6H3/b23-16+. The fourth-order valence-corrected chi connectivity index (χ4v) is 3.76. The van der Waals surface area contributed by atoms with E-state index in [1.165, 1.54) is 6.92 Å². The maximum Gasteiger partial charge on any atom is 0.308 e. The molecule has 1 aromatic rings. The smallest absolute Gasteiger partial charge is 0.308 e. The number of hydrogen-bond acceptors (Lipinski definition) is 5. The molecule has 1 aliphatic carbocycles. The number of ether oxygens (including phenoxy) is 2. The highest BCUT2D eigenvalue weighted by atomic mass is 16.5. The first-order valence-corrected chi connectivity index (χ1v) is 9.95. The molecule has 0 fully saturated rings. The van der Waals surface area contributed by atoms with Gasteiger partial charge in [0, 0.05) is 36.1 Å². The lowest BCUT2D eigenvalue weighted by Crippen LogP contribution is -2.22. The van der Waals surface area contributed by atoms with Crippen LogP contribution in [-0.2, 0) is 14.3 Å². The third-order valence-corrected chi connectivity index (χ3v) is 4.87. The Kier molecular flexibility index (Phi) is 7.43. The van der Waals surface area contributed by atoms with Crippen molar-refractivity contribution in [3.05, 3.63) is 64.6 Å². The molecule has 0 saturated heterocycles. The second-order valence-corrected chi connectivity index (χ2v) is 7.75. The van der Waals surface area contributed by atoms with E-state index in [-0.39, 0.29) is 23.8 Å². The molecule has 1 atom stereocenters. The van der Waals surface area contributed by atoms with E-state index in [1.807, 2.05) is 32.9 Å². The Balaban J connectivity index is 2.63. The van der Waals surface area contributed by atoms with Crippen LogP contribution in [-0.4, -0.2) is 17.9 Å². The number of carbonyl (C=O) groups is 2. The molecule has 1 unspecified atom stereocenters. The van der Waals surface area contributed by atoms with Crippen molar-refractivity contribution >= 4 is 11.8 Å². The van der Waals surface area contributed by atoms with Crippen LogP contribution in [0.4, 0.5) is 0 Å². The van der Waals surface area contributed by atoms with Crippen molar-refractivity contribution in [3.63, 3.8) is 0 Å². The molecule has 0 saturated carbocycles. The van der Waals surface area contributed by atoms with Crippen LogP contribution in [0.3, 0.4) is 0 Å². The van der Waals surface area contributed by atoms with E-state index < -0.39 is 0 Å². The van der Waals surface area contributed by atoms with Crippen molar-refractivity contribution in [2.24, 2.45) is 5.73 Å². The molecule has 2 rings (SSSR count). The number of benzene rings is 1. The normalized spacial score (nSPS) is 16.4. The molecule has 0 radical (unpaired) electrons. The quantitative estimate of drug-likeness (QED) is 0.305. The second kappa shape index (κ2) is 9.59. The van der Waals surface area contributed by atoms with Crippen LogP contribution in [0.25, 0.3) is 0 Å². The first kappa shape index (κ1) is 22.5. The molecule has 0 heterocycles. The summed E-state index contributed by atoms with van der Waals surface area (Å²) in [5.41, 5.74) is 10.2. The van der Waals surface area contributed by atoms with Crippen LogP contribution < -0.4 is 10.5 Å². The first-order valence-electron chi connectivity index (χ1n) is 9.95. The molecule has 0 aromatic heterocycles. The number of rotatable bonds is 7. The molecular formula is C24H31NO4. The van der Waals surface area contributed by atoms with Crippen LogP contribution in [0, 0.1) is 0 Å². The van der Waals surface area contributed by atoms with Crippen LogP contribution in [0.15, 0.2) is 59.0 Å². The summed E-state index contributed by atoms with van der Waals surface area (Å²) >= 11 is 0. The monoisotopic (exact) mass is 397 g/mol. The summed E-state index contributed by atoms with van der Waals surface area (Å²) < 4.78 is 11.0. The molecule has 2 N–H and O–H groups in total. The number of carbonyl (C=O) groups excluding carboxylic acids is 2. The van der Waals surface area contributed by atoms with Gasteiger partial charge in [-0.2, -0.15) is 0 Å². The minimum atomic E-state index is -0.384. The molecule has 156 valence electrons. The highest BCUT2D eigenvalue weighted by Crippen LogP contribution is 2.42. The average molecular weight is 398 g/mol. The van der Waals surface area contributed by atoms with Gasteiger partial charge in [-0.3, -0.25) is 9.59 Å². The minimum absolute atomic E-state index is 0.0685. The number of ketones is 1. The molecule has 1 aromatic carbocycles. The zero-order chi connectivity index (χ0) is 21.7. The van der Waals surface area contributed by atoms with E-state index in [0.717, 1.165) is 29.6 Å². The summed E-state index contributed by atoms with van der Waals surface area (Å²) in [7, 11) is 0. The Morgan fingerprint density at radius 2 is 1.76 bits per heavy atom. The van der Waals surface area contributed by atoms with Gasteiger partial charge in [-0.25, -0.2) is 0 Å². The van der Waals surface area contributed by atoms with E-state index in [0.29, 0.717) is 29.2 Å². The largest absolute Gasteiger partial charge is 0.491 e. The van der Waals surface area contributed by atoms with Gasteiger partial charge in [0.25, 0.3) is 0 Å². The van der Waals surface area contributed by atoms with Gasteiger partial charge < -0.3 is 15.2 Å². The summed E-state index contributed by atoms with van der Waals surface area (Å²) in [4.78, 5) is 24.2. The maximum absolute atomic E-state index is 12.9. The van der Waals surface area contributed by atoms with Gasteiger partial charge >= 0.3 is 5.97 Å². The van der Waals surface area contributed by atoms with Gasteiger partial charge in [0.1, 0.15) is 11.5 Å². The van der Waals surface area contributed by atoms with E-state index in [1.54, 1.807) is 19.1 Å². The zero-order valence-corrected chi connectivity index (χ0v) is 18.0. The average Bonchev–Trinajstić information content (AvgIpc) is 2.60. The molecule has 5 heteroatoms. The Morgan fingerprint density at radius 3 is 2.24 bits per heavy atom. The van der Waals surface area contributed by atoms with Crippen molar-refractivity contribution in [3.8, 4) is 5.75 Å².